The van der Waals surface area contributed by atoms with Crippen molar-refractivity contribution in [3.63, 3.8) is 0 Å². The first kappa shape index (κ1) is 38.7. The van der Waals surface area contributed by atoms with E-state index in [-0.39, 0.29) is 11.4 Å². The highest BCUT2D eigenvalue weighted by Gasteiger charge is 2.46. The lowest BCUT2D eigenvalue weighted by molar-refractivity contribution is 0.697. The summed E-state index contributed by atoms with van der Waals surface area (Å²) in [7, 11) is 0. The zero-order valence-corrected chi connectivity index (χ0v) is 37.0. The van der Waals surface area contributed by atoms with Gasteiger partial charge in [0.25, 0.3) is 0 Å². The number of hydrogen-bond acceptors (Lipinski definition) is 4. The number of aliphatic imine (C=N–C) groups is 2. The third kappa shape index (κ3) is 6.07. The van der Waals surface area contributed by atoms with Crippen molar-refractivity contribution >= 4 is 67.0 Å². The molecule has 2 aliphatic heterocycles. The predicted molar refractivity (Wildman–Crippen MR) is 279 cm³/mol. The first-order valence-electron chi connectivity index (χ1n) is 22.9. The minimum absolute atomic E-state index is 0.00365. The van der Waals surface area contributed by atoms with Gasteiger partial charge in [-0.25, -0.2) is 4.99 Å². The summed E-state index contributed by atoms with van der Waals surface area (Å²) >= 11 is 1.94. The van der Waals surface area contributed by atoms with E-state index >= 15 is 0 Å². The lowest BCUT2D eigenvalue weighted by atomic mass is 9.67. The van der Waals surface area contributed by atoms with Crippen molar-refractivity contribution in [2.75, 3.05) is 11.4 Å². The molecule has 0 N–H and O–H groups in total. The predicted octanol–water partition coefficient (Wildman–Crippen LogP) is 14.5. The van der Waals surface area contributed by atoms with Crippen molar-refractivity contribution in [3.8, 4) is 16.8 Å². The fourth-order valence-corrected chi connectivity index (χ4v) is 12.4. The first-order valence-corrected chi connectivity index (χ1v) is 23.8. The highest BCUT2D eigenvalue weighted by molar-refractivity contribution is 8.09. The van der Waals surface area contributed by atoms with Crippen LogP contribution in [-0.2, 0) is 5.41 Å². The smallest absolute Gasteiger partial charge is 0.154 e. The summed E-state index contributed by atoms with van der Waals surface area (Å²) in [5.74, 6) is 0.774. The minimum atomic E-state index is -0.480. The van der Waals surface area contributed by atoms with Crippen LogP contribution in [0.25, 0.3) is 54.3 Å². The summed E-state index contributed by atoms with van der Waals surface area (Å²) in [6, 6.07) is 79.9. The van der Waals surface area contributed by atoms with Crippen LogP contribution in [-0.4, -0.2) is 34.6 Å². The molecule has 1 aromatic heterocycles. The Kier molecular flexibility index (Phi) is 9.24. The molecule has 10 aromatic rings. The van der Waals surface area contributed by atoms with Gasteiger partial charge in [-0.2, -0.15) is 0 Å². The molecule has 1 aliphatic carbocycles. The van der Waals surface area contributed by atoms with Crippen LogP contribution in [0.5, 0.6) is 0 Å². The van der Waals surface area contributed by atoms with Gasteiger partial charge in [0, 0.05) is 44.2 Å². The Labute approximate surface area is 388 Å². The lowest BCUT2D eigenvalue weighted by Gasteiger charge is -2.37. The summed E-state index contributed by atoms with van der Waals surface area (Å²) in [6.45, 7) is 0.613. The number of fused-ring (bicyclic) bond motifs is 7. The summed E-state index contributed by atoms with van der Waals surface area (Å²) in [6.07, 6.45) is 5.48. The first-order chi connectivity index (χ1) is 32.7. The van der Waals surface area contributed by atoms with E-state index in [2.05, 4.69) is 240 Å². The van der Waals surface area contributed by atoms with Crippen molar-refractivity contribution in [2.45, 2.75) is 23.3 Å². The van der Waals surface area contributed by atoms with Gasteiger partial charge in [-0.3, -0.25) is 4.99 Å². The molecule has 0 amide bonds. The third-order valence-electron chi connectivity index (χ3n) is 14.0. The normalized spacial score (nSPS) is 17.2. The summed E-state index contributed by atoms with van der Waals surface area (Å²) in [5, 5.41) is 5.08. The SMILES string of the molecule is C1=NC(c2ccc3c(c2)c2ccccc2n3-c2ccc3c(c2)C(c2ccccc2)(c2ccccc2)c2ccccc2-3)=NCC1N(c1cccc2ccccc12)C1CC=C(c2ccccc2)S1. The van der Waals surface area contributed by atoms with Crippen molar-refractivity contribution in [3.05, 3.63) is 258 Å². The Morgan fingerprint density at radius 1 is 0.530 bits per heavy atom. The number of rotatable bonds is 8. The number of hydrogen-bond donors (Lipinski definition) is 0. The van der Waals surface area contributed by atoms with Gasteiger partial charge in [-0.1, -0.05) is 182 Å². The zero-order chi connectivity index (χ0) is 43.6. The molecule has 0 spiro atoms. The van der Waals surface area contributed by atoms with Gasteiger partial charge in [-0.05, 0) is 93.2 Å². The average Bonchev–Trinajstić information content (AvgIpc) is 4.09. The number of anilines is 1. The van der Waals surface area contributed by atoms with E-state index in [9.17, 15) is 0 Å². The number of thioether (sulfide) groups is 1. The van der Waals surface area contributed by atoms with Crippen LogP contribution in [0, 0.1) is 0 Å². The van der Waals surface area contributed by atoms with Crippen LogP contribution < -0.4 is 4.90 Å². The van der Waals surface area contributed by atoms with Crippen molar-refractivity contribution in [2.24, 2.45) is 9.98 Å². The van der Waals surface area contributed by atoms with Gasteiger partial charge in [0.1, 0.15) is 0 Å². The number of amidine groups is 1. The highest BCUT2D eigenvalue weighted by atomic mass is 32.2. The van der Waals surface area contributed by atoms with Crippen molar-refractivity contribution < 1.29 is 0 Å². The molecule has 66 heavy (non-hydrogen) atoms. The monoisotopic (exact) mass is 864 g/mol. The van der Waals surface area contributed by atoms with Gasteiger partial charge in [0.15, 0.2) is 5.84 Å². The maximum absolute atomic E-state index is 5.28. The molecule has 3 heterocycles. The zero-order valence-electron chi connectivity index (χ0n) is 36.2. The van der Waals surface area contributed by atoms with Crippen LogP contribution in [0.4, 0.5) is 5.69 Å². The van der Waals surface area contributed by atoms with Gasteiger partial charge in [-0.15, -0.1) is 11.8 Å². The molecule has 0 saturated heterocycles. The molecule has 3 aliphatic rings. The maximum atomic E-state index is 5.28. The van der Waals surface area contributed by atoms with E-state index < -0.39 is 5.41 Å². The van der Waals surface area contributed by atoms with E-state index in [4.69, 9.17) is 9.98 Å². The molecule has 4 nitrogen and oxygen atoms in total. The minimum Gasteiger partial charge on any atom is -0.349 e. The van der Waals surface area contributed by atoms with Crippen LogP contribution in [0.15, 0.2) is 234 Å². The highest BCUT2D eigenvalue weighted by Crippen LogP contribution is 2.56. The molecule has 13 rings (SSSR count). The molecule has 5 heteroatoms. The quantitative estimate of drug-likeness (QED) is 0.152. The van der Waals surface area contributed by atoms with Crippen LogP contribution >= 0.6 is 11.8 Å². The molecule has 0 bridgehead atoms. The Hall–Kier alpha value is -7.73. The molecule has 2 atom stereocenters. The number of benzene rings is 9. The topological polar surface area (TPSA) is 32.9 Å². The van der Waals surface area contributed by atoms with Crippen LogP contribution in [0.1, 0.15) is 39.8 Å². The Bertz CT molecular complexity index is 3540. The largest absolute Gasteiger partial charge is 0.349 e. The van der Waals surface area contributed by atoms with Gasteiger partial charge < -0.3 is 9.47 Å². The van der Waals surface area contributed by atoms with E-state index in [1.54, 1.807) is 0 Å². The second-order valence-corrected chi connectivity index (χ2v) is 18.7. The van der Waals surface area contributed by atoms with Crippen LogP contribution in [0.3, 0.4) is 0 Å². The Morgan fingerprint density at radius 2 is 1.20 bits per heavy atom. The second kappa shape index (κ2) is 15.8. The van der Waals surface area contributed by atoms with E-state index in [0.717, 1.165) is 29.0 Å². The third-order valence-corrected chi connectivity index (χ3v) is 15.3. The standard InChI is InChI=1S/C61H44N4S/c1-4-18-42(19-5-1)58-35-36-59(66-58)65(55-30-16-20-41-17-10-11-25-48(41)55)47-39-62-60(63-40-47)43-31-34-57-52(37-43)51-27-13-15-29-56(51)64(57)46-32-33-50-49-26-12-14-28-53(49)61(54(50)38-46,44-21-6-2-7-22-44)45-23-8-3-9-24-45/h1-35,37-39,47,59H,36,40H2. The summed E-state index contributed by atoms with van der Waals surface area (Å²) < 4.78 is 2.44. The van der Waals surface area contributed by atoms with Crippen molar-refractivity contribution in [1.82, 2.24) is 4.57 Å². The number of nitrogens with zero attached hydrogens (tertiary/aromatic N) is 4. The molecule has 0 fully saturated rings. The fraction of sp³-hybridized carbons (Fsp3) is 0.0820. The Balaban J connectivity index is 0.888. The van der Waals surface area contributed by atoms with Crippen LogP contribution in [0.2, 0.25) is 0 Å². The number of para-hydroxylation sites is 1. The lowest BCUT2D eigenvalue weighted by Crippen LogP contribution is -2.45. The molecular weight excluding hydrogens is 821 g/mol. The molecule has 0 saturated carbocycles. The summed E-state index contributed by atoms with van der Waals surface area (Å²) in [4.78, 5) is 14.4. The number of aromatic nitrogens is 1. The second-order valence-electron chi connectivity index (χ2n) is 17.5. The molecule has 2 unspecified atom stereocenters. The molecule has 314 valence electrons. The molecular formula is C61H44N4S. The van der Waals surface area contributed by atoms with Crippen molar-refractivity contribution in [1.29, 1.82) is 0 Å². The van der Waals surface area contributed by atoms with E-state index in [1.807, 2.05) is 11.8 Å². The summed E-state index contributed by atoms with van der Waals surface area (Å²) in [5.41, 5.74) is 14.2. The van der Waals surface area contributed by atoms with Gasteiger partial charge >= 0.3 is 0 Å². The molecule has 0 radical (unpaired) electrons. The van der Waals surface area contributed by atoms with E-state index in [1.165, 1.54) is 76.6 Å². The molecule has 9 aromatic carbocycles. The maximum Gasteiger partial charge on any atom is 0.154 e. The van der Waals surface area contributed by atoms with E-state index in [0.29, 0.717) is 6.54 Å². The van der Waals surface area contributed by atoms with Gasteiger partial charge in [0.2, 0.25) is 0 Å². The van der Waals surface area contributed by atoms with Gasteiger partial charge in [0.05, 0.1) is 34.4 Å². The average molecular weight is 865 g/mol. The Morgan fingerprint density at radius 3 is 1.98 bits per heavy atom. The fourth-order valence-electron chi connectivity index (χ4n) is 11.1.